The second kappa shape index (κ2) is 9.05. The molecule has 5 nitrogen and oxygen atoms in total. The van der Waals surface area contributed by atoms with E-state index in [9.17, 15) is 10.1 Å². The predicted molar refractivity (Wildman–Crippen MR) is 104 cm³/mol. The number of nitrogens with zero attached hydrogens (tertiary/aromatic N) is 2. The highest BCUT2D eigenvalue weighted by molar-refractivity contribution is 9.10. The highest BCUT2D eigenvalue weighted by Gasteiger charge is 2.12. The van der Waals surface area contributed by atoms with Crippen LogP contribution in [0.15, 0.2) is 46.4 Å². The number of halogens is 2. The molecule has 0 atom stereocenters. The fourth-order valence-electron chi connectivity index (χ4n) is 2.11. The maximum absolute atomic E-state index is 12.4. The molecule has 130 valence electrons. The molecule has 1 N–H and O–H groups in total. The number of rotatable bonds is 5. The Balaban J connectivity index is 2.21. The van der Waals surface area contributed by atoms with Gasteiger partial charge in [0.05, 0.1) is 4.47 Å². The maximum atomic E-state index is 12.4. The summed E-state index contributed by atoms with van der Waals surface area (Å²) in [5, 5.41) is 21.1. The Kier molecular flexibility index (Phi) is 6.80. The highest BCUT2D eigenvalue weighted by atomic mass is 79.9. The molecular weight excluding hydrogens is 418 g/mol. The molecule has 2 aromatic carbocycles. The van der Waals surface area contributed by atoms with Gasteiger partial charge >= 0.3 is 0 Å². The zero-order valence-electron chi connectivity index (χ0n) is 13.7. The van der Waals surface area contributed by atoms with Crippen LogP contribution in [0.3, 0.4) is 0 Å². The summed E-state index contributed by atoms with van der Waals surface area (Å²) in [7, 11) is 0. The van der Waals surface area contributed by atoms with Crippen molar-refractivity contribution in [1.82, 2.24) is 0 Å². The second-order valence-electron chi connectivity index (χ2n) is 5.22. The first-order valence-electron chi connectivity index (χ1n) is 7.43. The maximum Gasteiger partial charge on any atom is 0.266 e. The zero-order chi connectivity index (χ0) is 19.1. The van der Waals surface area contributed by atoms with Crippen LogP contribution in [-0.4, -0.2) is 12.5 Å². The average molecular weight is 431 g/mol. The van der Waals surface area contributed by atoms with E-state index in [2.05, 4.69) is 21.2 Å². The van der Waals surface area contributed by atoms with Crippen molar-refractivity contribution in [2.24, 2.45) is 0 Å². The number of aryl methyl sites for hydroxylation is 1. The fraction of sp³-hybridized carbons (Fsp3) is 0.105. The van der Waals surface area contributed by atoms with Crippen LogP contribution in [0.5, 0.6) is 5.75 Å². The Bertz CT molecular complexity index is 958. The molecule has 0 spiro atoms. The van der Waals surface area contributed by atoms with E-state index in [0.717, 1.165) is 5.56 Å². The van der Waals surface area contributed by atoms with Crippen LogP contribution in [-0.2, 0) is 4.79 Å². The lowest BCUT2D eigenvalue weighted by molar-refractivity contribution is -0.112. The first kappa shape index (κ1) is 19.5. The van der Waals surface area contributed by atoms with Gasteiger partial charge < -0.3 is 10.1 Å². The minimum atomic E-state index is -0.515. The summed E-state index contributed by atoms with van der Waals surface area (Å²) in [5.41, 5.74) is 1.98. The number of carbonyl (C=O) groups is 1. The van der Waals surface area contributed by atoms with Gasteiger partial charge in [-0.1, -0.05) is 17.7 Å². The quantitative estimate of drug-likeness (QED) is 0.542. The fourth-order valence-corrected chi connectivity index (χ4v) is 2.84. The van der Waals surface area contributed by atoms with Gasteiger partial charge in [-0.05, 0) is 70.4 Å². The van der Waals surface area contributed by atoms with Crippen molar-refractivity contribution < 1.29 is 9.53 Å². The highest BCUT2D eigenvalue weighted by Crippen LogP contribution is 2.27. The number of ether oxygens (including phenoxy) is 1. The number of benzene rings is 2. The number of anilines is 1. The molecule has 0 aromatic heterocycles. The third kappa shape index (κ3) is 5.10. The number of hydrogen-bond donors (Lipinski definition) is 1. The van der Waals surface area contributed by atoms with Gasteiger partial charge in [0.15, 0.2) is 6.61 Å². The Morgan fingerprint density at radius 1 is 1.31 bits per heavy atom. The first-order valence-corrected chi connectivity index (χ1v) is 8.60. The molecule has 0 heterocycles. The van der Waals surface area contributed by atoms with Crippen LogP contribution in [0.25, 0.3) is 6.08 Å². The Morgan fingerprint density at radius 3 is 2.69 bits per heavy atom. The summed E-state index contributed by atoms with van der Waals surface area (Å²) < 4.78 is 5.86. The summed E-state index contributed by atoms with van der Waals surface area (Å²) in [6.07, 6.45) is 1.47. The predicted octanol–water partition coefficient (Wildman–Crippen LogP) is 4.86. The van der Waals surface area contributed by atoms with Crippen molar-refractivity contribution in [2.75, 3.05) is 11.9 Å². The van der Waals surface area contributed by atoms with Crippen molar-refractivity contribution in [1.29, 1.82) is 10.5 Å². The van der Waals surface area contributed by atoms with Crippen molar-refractivity contribution in [3.63, 3.8) is 0 Å². The minimum Gasteiger partial charge on any atom is -0.478 e. The first-order chi connectivity index (χ1) is 12.4. The summed E-state index contributed by atoms with van der Waals surface area (Å²) in [6, 6.07) is 13.9. The molecule has 0 radical (unpaired) electrons. The molecule has 0 unspecified atom stereocenters. The molecule has 0 aliphatic rings. The molecule has 26 heavy (non-hydrogen) atoms. The Labute approximate surface area is 164 Å². The molecule has 0 bridgehead atoms. The molecule has 0 aliphatic carbocycles. The smallest absolute Gasteiger partial charge is 0.266 e. The number of amides is 1. The van der Waals surface area contributed by atoms with Gasteiger partial charge in [-0.15, -0.1) is 0 Å². The van der Waals surface area contributed by atoms with Crippen molar-refractivity contribution in [2.45, 2.75) is 6.92 Å². The topological polar surface area (TPSA) is 85.9 Å². The lowest BCUT2D eigenvalue weighted by atomic mass is 10.1. The number of hydrogen-bond acceptors (Lipinski definition) is 4. The van der Waals surface area contributed by atoms with E-state index in [1.165, 1.54) is 6.08 Å². The molecule has 1 amide bonds. The van der Waals surface area contributed by atoms with E-state index in [1.807, 2.05) is 19.1 Å². The van der Waals surface area contributed by atoms with Gasteiger partial charge in [0.25, 0.3) is 5.91 Å². The number of nitrogens with one attached hydrogen (secondary N) is 1. The van der Waals surface area contributed by atoms with Crippen molar-refractivity contribution in [3.8, 4) is 17.9 Å². The molecule has 7 heteroatoms. The lowest BCUT2D eigenvalue weighted by Gasteiger charge is -2.08. The molecule has 0 fully saturated rings. The summed E-state index contributed by atoms with van der Waals surface area (Å²) in [6.45, 7) is 1.74. The molecule has 2 aromatic rings. The van der Waals surface area contributed by atoms with Crippen LogP contribution in [0.1, 0.15) is 11.1 Å². The molecule has 0 aliphatic heterocycles. The van der Waals surface area contributed by atoms with Gasteiger partial charge in [0.1, 0.15) is 23.5 Å². The van der Waals surface area contributed by atoms with E-state index in [1.54, 1.807) is 36.4 Å². The summed E-state index contributed by atoms with van der Waals surface area (Å²) in [5.74, 6) is -0.0118. The van der Waals surface area contributed by atoms with Gasteiger partial charge in [-0.25, -0.2) is 0 Å². The molecule has 2 rings (SSSR count). The van der Waals surface area contributed by atoms with Crippen LogP contribution >= 0.6 is 27.5 Å². The van der Waals surface area contributed by atoms with Gasteiger partial charge in [0, 0.05) is 10.7 Å². The standard InChI is InChI=1S/C19H13BrClN3O2/c1-12-8-15(21)3-4-17(12)24-19(25)14(11-23)9-13-2-5-18(16(20)10-13)26-7-6-22/h2-5,8-10H,7H2,1H3,(H,24,25)/b14-9+. The van der Waals surface area contributed by atoms with Crippen LogP contribution in [0, 0.1) is 29.6 Å². The average Bonchev–Trinajstić information content (AvgIpc) is 2.61. The van der Waals surface area contributed by atoms with Gasteiger partial charge in [0.2, 0.25) is 0 Å². The Morgan fingerprint density at radius 2 is 2.08 bits per heavy atom. The SMILES string of the molecule is Cc1cc(Cl)ccc1NC(=O)/C(C#N)=C/c1ccc(OCC#N)c(Br)c1. The number of carbonyl (C=O) groups excluding carboxylic acids is 1. The van der Waals surface area contributed by atoms with Gasteiger partial charge in [-0.2, -0.15) is 10.5 Å². The number of nitriles is 2. The summed E-state index contributed by atoms with van der Waals surface area (Å²) >= 11 is 9.24. The van der Waals surface area contributed by atoms with Crippen molar-refractivity contribution >= 4 is 45.2 Å². The third-order valence-electron chi connectivity index (χ3n) is 3.36. The largest absolute Gasteiger partial charge is 0.478 e. The molecule has 0 saturated heterocycles. The van der Waals surface area contributed by atoms with E-state index in [4.69, 9.17) is 21.6 Å². The zero-order valence-corrected chi connectivity index (χ0v) is 16.1. The third-order valence-corrected chi connectivity index (χ3v) is 4.22. The minimum absolute atomic E-state index is 0.0445. The van der Waals surface area contributed by atoms with E-state index in [-0.39, 0.29) is 12.2 Å². The summed E-state index contributed by atoms with van der Waals surface area (Å²) in [4.78, 5) is 12.4. The normalized spacial score (nSPS) is 10.6. The van der Waals surface area contributed by atoms with E-state index < -0.39 is 5.91 Å². The van der Waals surface area contributed by atoms with Crippen LogP contribution in [0.4, 0.5) is 5.69 Å². The van der Waals surface area contributed by atoms with Gasteiger partial charge in [-0.3, -0.25) is 4.79 Å². The Hall–Kier alpha value is -2.80. The molecule has 0 saturated carbocycles. The van der Waals surface area contributed by atoms with E-state index >= 15 is 0 Å². The van der Waals surface area contributed by atoms with E-state index in [0.29, 0.717) is 26.5 Å². The molecular formula is C19H13BrClN3O2. The monoisotopic (exact) mass is 429 g/mol. The lowest BCUT2D eigenvalue weighted by Crippen LogP contribution is -2.14. The second-order valence-corrected chi connectivity index (χ2v) is 6.51. The van der Waals surface area contributed by atoms with Crippen molar-refractivity contribution in [3.05, 3.63) is 62.6 Å². The van der Waals surface area contributed by atoms with Crippen LogP contribution in [0.2, 0.25) is 5.02 Å². The van der Waals surface area contributed by atoms with Crippen LogP contribution < -0.4 is 10.1 Å².